The van der Waals surface area contributed by atoms with Gasteiger partial charge in [0.25, 0.3) is 0 Å². The van der Waals surface area contributed by atoms with Crippen LogP contribution in [0.25, 0.3) is 0 Å². The van der Waals surface area contributed by atoms with Gasteiger partial charge in [0, 0.05) is 28.6 Å². The molecule has 2 heterocycles. The average Bonchev–Trinajstić information content (AvgIpc) is 3.33. The third-order valence-corrected chi connectivity index (χ3v) is 7.24. The minimum Gasteiger partial charge on any atom is -0.357 e. The Labute approximate surface area is 178 Å². The zero-order valence-corrected chi connectivity index (χ0v) is 18.3. The van der Waals surface area contributed by atoms with Crippen molar-refractivity contribution in [2.24, 2.45) is 4.99 Å². The first kappa shape index (κ1) is 20.3. The molecule has 29 heavy (non-hydrogen) atoms. The van der Waals surface area contributed by atoms with Gasteiger partial charge in [-0.3, -0.25) is 4.99 Å². The van der Waals surface area contributed by atoms with E-state index < -0.39 is 0 Å². The Kier molecular flexibility index (Phi) is 6.43. The van der Waals surface area contributed by atoms with E-state index in [0.29, 0.717) is 6.04 Å². The molecule has 1 aliphatic carbocycles. The zero-order valence-electron chi connectivity index (χ0n) is 17.5. The van der Waals surface area contributed by atoms with Gasteiger partial charge in [0.05, 0.1) is 13.1 Å². The van der Waals surface area contributed by atoms with E-state index in [9.17, 15) is 0 Å². The quantitative estimate of drug-likeness (QED) is 0.561. The lowest BCUT2D eigenvalue weighted by Gasteiger charge is -2.28. The SMILES string of the molecule is CCNC(=NCC1(Sc2ccccc2)CCCC1)NC1CCc2nc(C)nn2C1. The second-order valence-corrected chi connectivity index (χ2v) is 9.68. The molecule has 156 valence electrons. The summed E-state index contributed by atoms with van der Waals surface area (Å²) in [6, 6.07) is 11.1. The Bertz CT molecular complexity index is 825. The number of aliphatic imine (C=N–C) groups is 1. The van der Waals surface area contributed by atoms with E-state index in [-0.39, 0.29) is 4.75 Å². The molecule has 2 N–H and O–H groups in total. The van der Waals surface area contributed by atoms with Crippen molar-refractivity contribution >= 4 is 17.7 Å². The number of benzene rings is 1. The van der Waals surface area contributed by atoms with E-state index in [1.165, 1.54) is 30.6 Å². The van der Waals surface area contributed by atoms with Gasteiger partial charge in [0.2, 0.25) is 0 Å². The maximum absolute atomic E-state index is 5.05. The third-order valence-electron chi connectivity index (χ3n) is 5.77. The molecule has 1 aliphatic heterocycles. The summed E-state index contributed by atoms with van der Waals surface area (Å²) in [5.74, 6) is 2.90. The topological polar surface area (TPSA) is 67.1 Å². The van der Waals surface area contributed by atoms with E-state index >= 15 is 0 Å². The summed E-state index contributed by atoms with van der Waals surface area (Å²) in [5, 5.41) is 11.6. The molecule has 1 atom stereocenters. The highest BCUT2D eigenvalue weighted by Crippen LogP contribution is 2.45. The number of nitrogens with zero attached hydrogens (tertiary/aromatic N) is 4. The van der Waals surface area contributed by atoms with E-state index in [1.807, 2.05) is 23.4 Å². The lowest BCUT2D eigenvalue weighted by molar-refractivity contribution is 0.392. The van der Waals surface area contributed by atoms with E-state index in [0.717, 1.165) is 50.1 Å². The number of thioether (sulfide) groups is 1. The van der Waals surface area contributed by atoms with Gasteiger partial charge in [-0.25, -0.2) is 9.67 Å². The summed E-state index contributed by atoms with van der Waals surface area (Å²) in [6.45, 7) is 6.66. The smallest absolute Gasteiger partial charge is 0.191 e. The fourth-order valence-corrected chi connectivity index (χ4v) is 5.75. The average molecular weight is 413 g/mol. The number of aryl methyl sites for hydroxylation is 2. The van der Waals surface area contributed by atoms with E-state index in [2.05, 4.69) is 58.0 Å². The Hall–Kier alpha value is -2.02. The van der Waals surface area contributed by atoms with Crippen LogP contribution in [0, 0.1) is 6.92 Å². The van der Waals surface area contributed by atoms with Crippen LogP contribution in [0.1, 0.15) is 50.7 Å². The van der Waals surface area contributed by atoms with E-state index in [4.69, 9.17) is 4.99 Å². The molecule has 0 radical (unpaired) electrons. The molecule has 0 bridgehead atoms. The predicted octanol–water partition coefficient (Wildman–Crippen LogP) is 3.56. The third kappa shape index (κ3) is 5.13. The zero-order chi connectivity index (χ0) is 20.1. The van der Waals surface area contributed by atoms with Crippen molar-refractivity contribution in [1.82, 2.24) is 25.4 Å². The molecule has 2 aromatic rings. The van der Waals surface area contributed by atoms with Gasteiger partial charge < -0.3 is 10.6 Å². The molecule has 0 saturated heterocycles. The highest BCUT2D eigenvalue weighted by Gasteiger charge is 2.35. The van der Waals surface area contributed by atoms with E-state index in [1.54, 1.807) is 0 Å². The minimum absolute atomic E-state index is 0.215. The van der Waals surface area contributed by atoms with Crippen molar-refractivity contribution in [3.63, 3.8) is 0 Å². The number of guanidine groups is 1. The molecule has 0 amide bonds. The summed E-state index contributed by atoms with van der Waals surface area (Å²) in [5.41, 5.74) is 0. The van der Waals surface area contributed by atoms with Crippen molar-refractivity contribution in [1.29, 1.82) is 0 Å². The number of rotatable bonds is 6. The molecule has 1 aromatic carbocycles. The molecule has 1 fully saturated rings. The molecular formula is C22H32N6S. The second kappa shape index (κ2) is 9.20. The summed E-state index contributed by atoms with van der Waals surface area (Å²) >= 11 is 2.01. The highest BCUT2D eigenvalue weighted by atomic mass is 32.2. The maximum atomic E-state index is 5.05. The standard InChI is InChI=1S/C22H32N6S/c1-3-23-21(26-18-11-12-20-25-17(2)27-28(20)15-18)24-16-22(13-7-8-14-22)29-19-9-5-4-6-10-19/h4-6,9-10,18H,3,7-8,11-16H2,1-2H3,(H2,23,24,26). The first-order chi connectivity index (χ1) is 14.2. The number of aromatic nitrogens is 3. The van der Waals surface area contributed by atoms with Gasteiger partial charge in [-0.1, -0.05) is 31.0 Å². The summed E-state index contributed by atoms with van der Waals surface area (Å²) in [4.78, 5) is 10.9. The number of nitrogens with one attached hydrogen (secondary N) is 2. The monoisotopic (exact) mass is 412 g/mol. The summed E-state index contributed by atoms with van der Waals surface area (Å²) in [6.07, 6.45) is 7.10. The van der Waals surface area contributed by atoms with Crippen LogP contribution in [-0.2, 0) is 13.0 Å². The predicted molar refractivity (Wildman–Crippen MR) is 119 cm³/mol. The Morgan fingerprint density at radius 3 is 2.83 bits per heavy atom. The van der Waals surface area contributed by atoms with Crippen molar-refractivity contribution in [2.45, 2.75) is 74.6 Å². The van der Waals surface area contributed by atoms with Crippen LogP contribution < -0.4 is 10.6 Å². The molecule has 7 heteroatoms. The fourth-order valence-electron chi connectivity index (χ4n) is 4.34. The molecule has 1 saturated carbocycles. The summed E-state index contributed by atoms with van der Waals surface area (Å²) in [7, 11) is 0. The van der Waals surface area contributed by atoms with Gasteiger partial charge in [-0.2, -0.15) is 5.10 Å². The molecule has 4 rings (SSSR count). The van der Waals surface area contributed by atoms with Crippen LogP contribution in [0.15, 0.2) is 40.2 Å². The molecule has 0 spiro atoms. The van der Waals surface area contributed by atoms with Gasteiger partial charge in [-0.15, -0.1) is 11.8 Å². The van der Waals surface area contributed by atoms with Crippen molar-refractivity contribution in [2.75, 3.05) is 13.1 Å². The molecule has 6 nitrogen and oxygen atoms in total. The molecular weight excluding hydrogens is 380 g/mol. The first-order valence-corrected chi connectivity index (χ1v) is 11.7. The van der Waals surface area contributed by atoms with Crippen LogP contribution >= 0.6 is 11.8 Å². The maximum Gasteiger partial charge on any atom is 0.191 e. The lowest BCUT2D eigenvalue weighted by Crippen LogP contribution is -2.47. The Morgan fingerprint density at radius 1 is 1.28 bits per heavy atom. The van der Waals surface area contributed by atoms with Crippen LogP contribution in [0.5, 0.6) is 0 Å². The van der Waals surface area contributed by atoms with Crippen LogP contribution in [0.4, 0.5) is 0 Å². The minimum atomic E-state index is 0.215. The number of fused-ring (bicyclic) bond motifs is 1. The van der Waals surface area contributed by atoms with Gasteiger partial charge in [0.1, 0.15) is 11.6 Å². The van der Waals surface area contributed by atoms with Crippen LogP contribution in [0.2, 0.25) is 0 Å². The van der Waals surface area contributed by atoms with Crippen molar-refractivity contribution in [3.8, 4) is 0 Å². The van der Waals surface area contributed by atoms with Crippen LogP contribution in [-0.4, -0.2) is 44.6 Å². The number of hydrogen-bond donors (Lipinski definition) is 2. The molecule has 2 aliphatic rings. The summed E-state index contributed by atoms with van der Waals surface area (Å²) < 4.78 is 2.26. The largest absolute Gasteiger partial charge is 0.357 e. The molecule has 1 aromatic heterocycles. The first-order valence-electron chi connectivity index (χ1n) is 10.8. The Balaban J connectivity index is 1.43. The fraction of sp³-hybridized carbons (Fsp3) is 0.591. The Morgan fingerprint density at radius 2 is 2.07 bits per heavy atom. The number of hydrogen-bond acceptors (Lipinski definition) is 4. The second-order valence-electron chi connectivity index (χ2n) is 8.14. The normalized spacial score (nSPS) is 21.0. The van der Waals surface area contributed by atoms with Crippen LogP contribution in [0.3, 0.4) is 0 Å². The van der Waals surface area contributed by atoms with Gasteiger partial charge in [0.15, 0.2) is 5.96 Å². The van der Waals surface area contributed by atoms with Crippen molar-refractivity contribution < 1.29 is 0 Å². The highest BCUT2D eigenvalue weighted by molar-refractivity contribution is 8.00. The van der Waals surface area contributed by atoms with Gasteiger partial charge >= 0.3 is 0 Å². The van der Waals surface area contributed by atoms with Gasteiger partial charge in [-0.05, 0) is 45.2 Å². The molecule has 1 unspecified atom stereocenters. The van der Waals surface area contributed by atoms with Crippen molar-refractivity contribution in [3.05, 3.63) is 42.0 Å². The lowest BCUT2D eigenvalue weighted by atomic mass is 10.1.